The van der Waals surface area contributed by atoms with Gasteiger partial charge in [0.1, 0.15) is 0 Å². The number of benzene rings is 2. The van der Waals surface area contributed by atoms with E-state index in [1.807, 2.05) is 4.90 Å². The van der Waals surface area contributed by atoms with Crippen LogP contribution in [0.4, 0.5) is 4.79 Å². The number of piperidine rings is 1. The fourth-order valence-electron chi connectivity index (χ4n) is 5.49. The predicted octanol–water partition coefficient (Wildman–Crippen LogP) is 4.34. The Balaban J connectivity index is 1.19. The fourth-order valence-corrected chi connectivity index (χ4v) is 5.49. The van der Waals surface area contributed by atoms with Gasteiger partial charge in [-0.05, 0) is 49.9 Å². The van der Waals surface area contributed by atoms with Crippen LogP contribution in [0.2, 0.25) is 0 Å². The van der Waals surface area contributed by atoms with Gasteiger partial charge >= 0.3 is 6.03 Å². The summed E-state index contributed by atoms with van der Waals surface area (Å²) in [6.45, 7) is 4.45. The maximum atomic E-state index is 12.5. The second kappa shape index (κ2) is 12.2. The number of nitrogens with one attached hydrogen (secondary N) is 2. The molecule has 0 bridgehead atoms. The molecule has 0 aromatic heterocycles. The summed E-state index contributed by atoms with van der Waals surface area (Å²) in [5.74, 6) is -0.341. The maximum Gasteiger partial charge on any atom is 0.317 e. The Morgan fingerprint density at radius 2 is 1.43 bits per heavy atom. The number of hydrogen-bond donors (Lipinski definition) is 3. The molecule has 2 aliphatic rings. The van der Waals surface area contributed by atoms with Crippen LogP contribution in [0.5, 0.6) is 0 Å². The number of amides is 3. The minimum Gasteiger partial charge on any atom is -0.338 e. The molecule has 2 aliphatic heterocycles. The zero-order chi connectivity index (χ0) is 24.5. The minimum absolute atomic E-state index is 0.0455. The first-order valence-electron chi connectivity index (χ1n) is 12.9. The van der Waals surface area contributed by atoms with Crippen molar-refractivity contribution in [3.05, 3.63) is 71.8 Å². The first-order chi connectivity index (χ1) is 17.1. The number of hydrogen-bond acceptors (Lipinski definition) is 4. The fraction of sp³-hybridized carbons (Fsp3) is 0.500. The van der Waals surface area contributed by atoms with Crippen LogP contribution in [-0.4, -0.2) is 59.7 Å². The van der Waals surface area contributed by atoms with Crippen LogP contribution >= 0.6 is 0 Å². The van der Waals surface area contributed by atoms with Gasteiger partial charge in [-0.2, -0.15) is 0 Å². The lowest BCUT2D eigenvalue weighted by Gasteiger charge is -2.54. The van der Waals surface area contributed by atoms with Gasteiger partial charge in [-0.25, -0.2) is 10.3 Å². The van der Waals surface area contributed by atoms with Crippen molar-refractivity contribution in [2.24, 2.45) is 5.41 Å². The van der Waals surface area contributed by atoms with Gasteiger partial charge in [0.2, 0.25) is 5.91 Å². The Bertz CT molecular complexity index is 898. The van der Waals surface area contributed by atoms with Gasteiger partial charge < -0.3 is 10.2 Å². The number of likely N-dealkylation sites (tertiary alicyclic amines) is 2. The van der Waals surface area contributed by atoms with E-state index in [1.54, 1.807) is 5.48 Å². The van der Waals surface area contributed by atoms with Crippen LogP contribution in [0.1, 0.15) is 62.1 Å². The highest BCUT2D eigenvalue weighted by Crippen LogP contribution is 2.43. The molecule has 2 heterocycles. The van der Waals surface area contributed by atoms with Crippen LogP contribution in [0.3, 0.4) is 0 Å². The van der Waals surface area contributed by atoms with Crippen molar-refractivity contribution < 1.29 is 14.8 Å². The highest BCUT2D eigenvalue weighted by molar-refractivity contribution is 5.75. The molecule has 2 fully saturated rings. The van der Waals surface area contributed by atoms with E-state index in [0.717, 1.165) is 64.7 Å². The number of carbonyl (C=O) groups excluding carboxylic acids is 2. The first-order valence-corrected chi connectivity index (χ1v) is 12.9. The van der Waals surface area contributed by atoms with Crippen molar-refractivity contribution in [3.8, 4) is 0 Å². The molecule has 3 N–H and O–H groups in total. The highest BCUT2D eigenvalue weighted by atomic mass is 16.5. The third kappa shape index (κ3) is 6.61. The highest BCUT2D eigenvalue weighted by Gasteiger charge is 2.47. The van der Waals surface area contributed by atoms with Gasteiger partial charge in [0, 0.05) is 31.5 Å². The zero-order valence-corrected chi connectivity index (χ0v) is 20.5. The van der Waals surface area contributed by atoms with Gasteiger partial charge in [-0.1, -0.05) is 73.5 Å². The van der Waals surface area contributed by atoms with E-state index in [-0.39, 0.29) is 23.4 Å². The Morgan fingerprint density at radius 3 is 2.00 bits per heavy atom. The molecule has 2 saturated heterocycles. The van der Waals surface area contributed by atoms with Gasteiger partial charge in [-0.15, -0.1) is 0 Å². The molecule has 2 aromatic rings. The monoisotopic (exact) mass is 478 g/mol. The van der Waals surface area contributed by atoms with Crippen molar-refractivity contribution in [3.63, 3.8) is 0 Å². The van der Waals surface area contributed by atoms with Crippen LogP contribution in [-0.2, 0) is 4.79 Å². The lowest BCUT2D eigenvalue weighted by Crippen LogP contribution is -2.63. The molecule has 1 spiro atoms. The second-order valence-corrected chi connectivity index (χ2v) is 10.0. The molecular weight excluding hydrogens is 440 g/mol. The molecule has 0 aliphatic carbocycles. The molecule has 4 rings (SSSR count). The minimum atomic E-state index is -0.341. The van der Waals surface area contributed by atoms with Gasteiger partial charge in [-0.3, -0.25) is 14.9 Å². The van der Waals surface area contributed by atoms with E-state index in [4.69, 9.17) is 5.21 Å². The Kier molecular flexibility index (Phi) is 8.77. The van der Waals surface area contributed by atoms with E-state index in [0.29, 0.717) is 13.0 Å². The Labute approximate surface area is 208 Å². The largest absolute Gasteiger partial charge is 0.338 e. The number of carbonyl (C=O) groups is 2. The lowest BCUT2D eigenvalue weighted by molar-refractivity contribution is -0.129. The Hall–Kier alpha value is -2.90. The van der Waals surface area contributed by atoms with Crippen molar-refractivity contribution >= 4 is 11.9 Å². The van der Waals surface area contributed by atoms with Gasteiger partial charge in [0.05, 0.1) is 6.04 Å². The van der Waals surface area contributed by atoms with Crippen molar-refractivity contribution in [2.45, 2.75) is 51.0 Å². The zero-order valence-electron chi connectivity index (χ0n) is 20.5. The van der Waals surface area contributed by atoms with Crippen LogP contribution in [0, 0.1) is 5.41 Å². The van der Waals surface area contributed by atoms with E-state index in [1.165, 1.54) is 11.1 Å². The normalized spacial score (nSPS) is 17.3. The van der Waals surface area contributed by atoms with Crippen molar-refractivity contribution in [1.29, 1.82) is 0 Å². The summed E-state index contributed by atoms with van der Waals surface area (Å²) in [4.78, 5) is 28.1. The molecule has 0 radical (unpaired) electrons. The van der Waals surface area contributed by atoms with Gasteiger partial charge in [0.25, 0.3) is 0 Å². The average molecular weight is 479 g/mol. The molecule has 0 unspecified atom stereocenters. The van der Waals surface area contributed by atoms with E-state index < -0.39 is 0 Å². The van der Waals surface area contributed by atoms with Gasteiger partial charge in [0.15, 0.2) is 0 Å². The molecule has 0 saturated carbocycles. The van der Waals surface area contributed by atoms with Crippen LogP contribution in [0.15, 0.2) is 60.7 Å². The summed E-state index contributed by atoms with van der Waals surface area (Å²) in [6.07, 6.45) is 6.11. The Morgan fingerprint density at radius 1 is 0.857 bits per heavy atom. The van der Waals surface area contributed by atoms with E-state index in [2.05, 4.69) is 70.9 Å². The van der Waals surface area contributed by atoms with Crippen molar-refractivity contribution in [1.82, 2.24) is 20.6 Å². The maximum absolute atomic E-state index is 12.5. The number of urea groups is 1. The summed E-state index contributed by atoms with van der Waals surface area (Å²) >= 11 is 0. The third-order valence-corrected chi connectivity index (χ3v) is 7.53. The average Bonchev–Trinajstić information content (AvgIpc) is 2.88. The molecular formula is C28H38N4O3. The topological polar surface area (TPSA) is 84.9 Å². The molecule has 7 nitrogen and oxygen atoms in total. The molecule has 0 atom stereocenters. The second-order valence-electron chi connectivity index (χ2n) is 10.0. The molecule has 7 heteroatoms. The summed E-state index contributed by atoms with van der Waals surface area (Å²) in [5.41, 5.74) is 4.58. The number of nitrogens with zero attached hydrogens (tertiary/aromatic N) is 2. The first kappa shape index (κ1) is 25.2. The standard InChI is InChI=1S/C28H38N4O3/c33-25(30-35)15-9-1-2-10-18-29-27(34)32-21-28(22-32)16-19-31(20-17-28)26(23-11-5-3-6-12-23)24-13-7-4-8-14-24/h3-8,11-14,26,35H,1-2,9-10,15-22H2,(H,29,34)(H,30,33). The summed E-state index contributed by atoms with van der Waals surface area (Å²) < 4.78 is 0. The smallest absolute Gasteiger partial charge is 0.317 e. The lowest BCUT2D eigenvalue weighted by atomic mass is 9.71. The third-order valence-electron chi connectivity index (χ3n) is 7.53. The molecule has 35 heavy (non-hydrogen) atoms. The SMILES string of the molecule is O=C(CCCCCCNC(=O)N1CC2(CCN(C(c3ccccc3)c3ccccc3)CC2)C1)NO. The quantitative estimate of drug-likeness (QED) is 0.269. The summed E-state index contributed by atoms with van der Waals surface area (Å²) in [6, 6.07) is 21.8. The number of unbranched alkanes of at least 4 members (excludes halogenated alkanes) is 3. The van der Waals surface area contributed by atoms with Crippen LogP contribution < -0.4 is 10.8 Å². The van der Waals surface area contributed by atoms with Crippen molar-refractivity contribution in [2.75, 3.05) is 32.7 Å². The summed E-state index contributed by atoms with van der Waals surface area (Å²) in [7, 11) is 0. The molecule has 2 aromatic carbocycles. The molecule has 188 valence electrons. The predicted molar refractivity (Wildman–Crippen MR) is 136 cm³/mol. The summed E-state index contributed by atoms with van der Waals surface area (Å²) in [5, 5.41) is 11.5. The number of rotatable bonds is 10. The van der Waals surface area contributed by atoms with E-state index in [9.17, 15) is 9.59 Å². The van der Waals surface area contributed by atoms with E-state index >= 15 is 0 Å². The molecule has 3 amide bonds. The van der Waals surface area contributed by atoms with Crippen LogP contribution in [0.25, 0.3) is 0 Å². The number of hydroxylamine groups is 1.